The molecule has 3 aromatic heterocycles. The molecule has 0 spiro atoms. The lowest BCUT2D eigenvalue weighted by Crippen LogP contribution is -2.37. The number of pyridine rings is 1. The van der Waals surface area contributed by atoms with E-state index in [1.165, 1.54) is 30.5 Å². The summed E-state index contributed by atoms with van der Waals surface area (Å²) in [5, 5.41) is 26.9. The summed E-state index contributed by atoms with van der Waals surface area (Å²) in [6.07, 6.45) is 11.5. The Balaban J connectivity index is 1.35. The minimum atomic E-state index is -0.0135. The third-order valence-electron chi connectivity index (χ3n) is 5.32. The predicted molar refractivity (Wildman–Crippen MR) is 97.3 cm³/mol. The highest BCUT2D eigenvalue weighted by Crippen LogP contribution is 2.41. The lowest BCUT2D eigenvalue weighted by molar-refractivity contribution is 0.370. The summed E-state index contributed by atoms with van der Waals surface area (Å²) in [4.78, 5) is 12.4. The molecule has 5 rings (SSSR count). The second-order valence-corrected chi connectivity index (χ2v) is 7.21. The fourth-order valence-corrected chi connectivity index (χ4v) is 3.76. The van der Waals surface area contributed by atoms with Crippen molar-refractivity contribution < 1.29 is 5.11 Å². The molecule has 3 aromatic rings. The third-order valence-corrected chi connectivity index (χ3v) is 5.32. The molecule has 0 radical (unpaired) electrons. The van der Waals surface area contributed by atoms with Gasteiger partial charge >= 0.3 is 0 Å². The fraction of sp³-hybridized carbons (Fsp3) is 0.444. The first kappa shape index (κ1) is 16.1. The number of aromatic hydroxyl groups is 1. The third kappa shape index (κ3) is 3.20. The Morgan fingerprint density at radius 2 is 1.81 bits per heavy atom. The van der Waals surface area contributed by atoms with Crippen LogP contribution >= 0.6 is 0 Å². The molecular weight excluding hydrogens is 344 g/mol. The van der Waals surface area contributed by atoms with E-state index in [0.29, 0.717) is 23.0 Å². The highest BCUT2D eigenvalue weighted by molar-refractivity contribution is 5.62. The van der Waals surface area contributed by atoms with E-state index >= 15 is 0 Å². The average Bonchev–Trinajstić information content (AvgIpc) is 3.42. The second-order valence-electron chi connectivity index (χ2n) is 7.21. The second kappa shape index (κ2) is 6.57. The standard InChI is InChI=1S/C18H20N8O/c27-16-8-14(26-21-5-6-22-26)9-19-17(16)15-10-20-18(24-23-15)25-7-1-2-13(11-25)12-3-4-12/h5-6,8-10,12-13,27H,1-4,7,11H2/t13-/m1/s1. The Bertz CT molecular complexity index is 923. The van der Waals surface area contributed by atoms with Gasteiger partial charge in [0.05, 0.1) is 24.8 Å². The number of hydrogen-bond donors (Lipinski definition) is 1. The summed E-state index contributed by atoms with van der Waals surface area (Å²) < 4.78 is 0. The van der Waals surface area contributed by atoms with E-state index in [-0.39, 0.29) is 5.75 Å². The van der Waals surface area contributed by atoms with Gasteiger partial charge in [0.2, 0.25) is 5.95 Å². The van der Waals surface area contributed by atoms with Crippen molar-refractivity contribution >= 4 is 5.95 Å². The van der Waals surface area contributed by atoms with Crippen LogP contribution in [0.1, 0.15) is 25.7 Å². The lowest BCUT2D eigenvalue weighted by Gasteiger charge is -2.32. The summed E-state index contributed by atoms with van der Waals surface area (Å²) in [5.74, 6) is 2.29. The van der Waals surface area contributed by atoms with Crippen LogP contribution in [0, 0.1) is 11.8 Å². The van der Waals surface area contributed by atoms with E-state index in [0.717, 1.165) is 24.9 Å². The van der Waals surface area contributed by atoms with Crippen molar-refractivity contribution in [1.82, 2.24) is 35.2 Å². The van der Waals surface area contributed by atoms with Crippen molar-refractivity contribution in [3.8, 4) is 22.8 Å². The molecule has 9 heteroatoms. The van der Waals surface area contributed by atoms with Gasteiger partial charge in [-0.25, -0.2) is 9.97 Å². The number of anilines is 1. The highest BCUT2D eigenvalue weighted by atomic mass is 16.3. The maximum absolute atomic E-state index is 10.3. The van der Waals surface area contributed by atoms with E-state index in [1.807, 2.05) is 0 Å². The van der Waals surface area contributed by atoms with E-state index in [1.54, 1.807) is 30.9 Å². The van der Waals surface area contributed by atoms with Crippen LogP contribution < -0.4 is 4.90 Å². The predicted octanol–water partition coefficient (Wildman–Crippen LogP) is 1.85. The summed E-state index contributed by atoms with van der Waals surface area (Å²) in [6, 6.07) is 1.54. The molecule has 4 heterocycles. The molecule has 2 aliphatic rings. The van der Waals surface area contributed by atoms with Gasteiger partial charge in [-0.3, -0.25) is 0 Å². The van der Waals surface area contributed by atoms with Crippen LogP contribution in [0.5, 0.6) is 5.75 Å². The monoisotopic (exact) mass is 364 g/mol. The van der Waals surface area contributed by atoms with Crippen LogP contribution in [0.2, 0.25) is 0 Å². The molecule has 1 saturated carbocycles. The first-order chi connectivity index (χ1) is 13.3. The smallest absolute Gasteiger partial charge is 0.245 e. The summed E-state index contributed by atoms with van der Waals surface area (Å²) >= 11 is 0. The molecule has 1 aliphatic carbocycles. The van der Waals surface area contributed by atoms with Gasteiger partial charge in [0, 0.05) is 19.2 Å². The molecule has 1 aliphatic heterocycles. The Morgan fingerprint density at radius 1 is 0.963 bits per heavy atom. The van der Waals surface area contributed by atoms with Crippen LogP contribution in [0.25, 0.3) is 17.1 Å². The Labute approximate surface area is 156 Å². The normalized spacial score (nSPS) is 20.0. The molecule has 1 N–H and O–H groups in total. The van der Waals surface area contributed by atoms with Crippen molar-refractivity contribution in [1.29, 1.82) is 0 Å². The van der Waals surface area contributed by atoms with Crippen LogP contribution in [-0.4, -0.2) is 53.4 Å². The molecule has 0 aromatic carbocycles. The zero-order chi connectivity index (χ0) is 18.2. The number of nitrogens with zero attached hydrogens (tertiary/aromatic N) is 8. The SMILES string of the molecule is Oc1cc(-n2nccn2)cnc1-c1cnc(N2CCC[C@@H](C3CC3)C2)nn1. The quantitative estimate of drug-likeness (QED) is 0.747. The van der Waals surface area contributed by atoms with Crippen LogP contribution in [0.15, 0.2) is 30.9 Å². The van der Waals surface area contributed by atoms with Gasteiger partial charge in [-0.1, -0.05) is 0 Å². The van der Waals surface area contributed by atoms with Gasteiger partial charge in [-0.05, 0) is 37.5 Å². The first-order valence-electron chi connectivity index (χ1n) is 9.28. The Hall–Kier alpha value is -3.10. The van der Waals surface area contributed by atoms with E-state index in [2.05, 4.69) is 35.3 Å². The molecule has 9 nitrogen and oxygen atoms in total. The summed E-state index contributed by atoms with van der Waals surface area (Å²) in [6.45, 7) is 1.99. The van der Waals surface area contributed by atoms with Gasteiger partial charge in [0.1, 0.15) is 22.8 Å². The topological polar surface area (TPSA) is 106 Å². The Kier molecular flexibility index (Phi) is 3.92. The molecule has 1 saturated heterocycles. The van der Waals surface area contributed by atoms with E-state index in [9.17, 15) is 5.11 Å². The molecule has 2 fully saturated rings. The van der Waals surface area contributed by atoms with Crippen LogP contribution in [0.3, 0.4) is 0 Å². The molecule has 0 unspecified atom stereocenters. The summed E-state index contributed by atoms with van der Waals surface area (Å²) in [5.41, 5.74) is 1.34. The fourth-order valence-electron chi connectivity index (χ4n) is 3.76. The van der Waals surface area contributed by atoms with E-state index in [4.69, 9.17) is 0 Å². The zero-order valence-electron chi connectivity index (χ0n) is 14.8. The number of hydrogen-bond acceptors (Lipinski definition) is 8. The minimum Gasteiger partial charge on any atom is -0.506 e. The number of rotatable bonds is 4. The molecule has 0 bridgehead atoms. The van der Waals surface area contributed by atoms with Crippen LogP contribution in [0.4, 0.5) is 5.95 Å². The van der Waals surface area contributed by atoms with Crippen molar-refractivity contribution in [2.75, 3.05) is 18.0 Å². The van der Waals surface area contributed by atoms with Gasteiger partial charge in [0.15, 0.2) is 0 Å². The van der Waals surface area contributed by atoms with Gasteiger partial charge in [-0.15, -0.1) is 15.0 Å². The molecule has 138 valence electrons. The maximum atomic E-state index is 10.3. The first-order valence-corrected chi connectivity index (χ1v) is 9.28. The average molecular weight is 364 g/mol. The highest BCUT2D eigenvalue weighted by Gasteiger charge is 2.34. The van der Waals surface area contributed by atoms with Crippen LogP contribution in [-0.2, 0) is 0 Å². The molecule has 0 amide bonds. The largest absolute Gasteiger partial charge is 0.506 e. The zero-order valence-corrected chi connectivity index (χ0v) is 14.8. The van der Waals surface area contributed by atoms with Crippen molar-refractivity contribution in [3.05, 3.63) is 30.9 Å². The van der Waals surface area contributed by atoms with Crippen molar-refractivity contribution in [2.45, 2.75) is 25.7 Å². The van der Waals surface area contributed by atoms with Crippen molar-refractivity contribution in [3.63, 3.8) is 0 Å². The molecule has 1 atom stereocenters. The van der Waals surface area contributed by atoms with Crippen molar-refractivity contribution in [2.24, 2.45) is 11.8 Å². The van der Waals surface area contributed by atoms with Gasteiger partial charge < -0.3 is 10.0 Å². The number of aromatic nitrogens is 7. The number of piperidine rings is 1. The maximum Gasteiger partial charge on any atom is 0.245 e. The van der Waals surface area contributed by atoms with E-state index < -0.39 is 0 Å². The Morgan fingerprint density at radius 3 is 2.52 bits per heavy atom. The van der Waals surface area contributed by atoms with Gasteiger partial charge in [-0.2, -0.15) is 10.2 Å². The lowest BCUT2D eigenvalue weighted by atomic mass is 9.94. The molecule has 27 heavy (non-hydrogen) atoms. The van der Waals surface area contributed by atoms with Gasteiger partial charge in [0.25, 0.3) is 0 Å². The minimum absolute atomic E-state index is 0.0135. The summed E-state index contributed by atoms with van der Waals surface area (Å²) in [7, 11) is 0. The molecular formula is C18H20N8O.